The zero-order valence-electron chi connectivity index (χ0n) is 11.1. The smallest absolute Gasteiger partial charge is 0.128 e. The molecule has 0 aliphatic rings. The van der Waals surface area contributed by atoms with Gasteiger partial charge in [0.05, 0.1) is 0 Å². The van der Waals surface area contributed by atoms with E-state index in [2.05, 4.69) is 11.8 Å². The van der Waals surface area contributed by atoms with E-state index in [9.17, 15) is 4.39 Å². The van der Waals surface area contributed by atoms with Crippen molar-refractivity contribution >= 4 is 11.4 Å². The van der Waals surface area contributed by atoms with Crippen molar-refractivity contribution in [2.45, 2.75) is 19.9 Å². The van der Waals surface area contributed by atoms with Crippen LogP contribution in [0.5, 0.6) is 0 Å². The molecule has 0 fully saturated rings. The van der Waals surface area contributed by atoms with Gasteiger partial charge in [-0.3, -0.25) is 0 Å². The highest BCUT2D eigenvalue weighted by Crippen LogP contribution is 2.20. The first-order valence-electron chi connectivity index (χ1n) is 6.54. The summed E-state index contributed by atoms with van der Waals surface area (Å²) in [6, 6.07) is 14.6. The van der Waals surface area contributed by atoms with Crippen LogP contribution in [0.25, 0.3) is 0 Å². The van der Waals surface area contributed by atoms with Gasteiger partial charge in [0.2, 0.25) is 0 Å². The van der Waals surface area contributed by atoms with Gasteiger partial charge in [0.25, 0.3) is 0 Å². The molecule has 0 saturated carbocycles. The van der Waals surface area contributed by atoms with E-state index in [1.165, 1.54) is 6.07 Å². The molecule has 19 heavy (non-hydrogen) atoms. The number of halogens is 1. The Balaban J connectivity index is 2.21. The fourth-order valence-electron chi connectivity index (χ4n) is 2.09. The molecule has 2 nitrogen and oxygen atoms in total. The molecule has 0 bridgehead atoms. The number of hydrogen-bond donors (Lipinski definition) is 1. The number of nitrogen functional groups attached to an aromatic ring is 1. The van der Waals surface area contributed by atoms with Crippen LogP contribution in [0.4, 0.5) is 15.8 Å². The lowest BCUT2D eigenvalue weighted by atomic mass is 10.1. The third kappa shape index (κ3) is 3.47. The lowest BCUT2D eigenvalue weighted by Crippen LogP contribution is -2.24. The highest BCUT2D eigenvalue weighted by Gasteiger charge is 2.09. The van der Waals surface area contributed by atoms with Gasteiger partial charge in [0.1, 0.15) is 5.82 Å². The molecule has 0 radical (unpaired) electrons. The number of benzene rings is 2. The average Bonchev–Trinajstić information content (AvgIpc) is 2.42. The molecule has 2 N–H and O–H groups in total. The number of anilines is 2. The Morgan fingerprint density at radius 3 is 2.37 bits per heavy atom. The van der Waals surface area contributed by atoms with Gasteiger partial charge in [-0.2, -0.15) is 0 Å². The van der Waals surface area contributed by atoms with Crippen LogP contribution in [0, 0.1) is 5.82 Å². The summed E-state index contributed by atoms with van der Waals surface area (Å²) in [5.74, 6) is -0.154. The van der Waals surface area contributed by atoms with E-state index in [0.717, 1.165) is 24.3 Å². The number of rotatable bonds is 5. The Bertz CT molecular complexity index is 523. The summed E-state index contributed by atoms with van der Waals surface area (Å²) in [4.78, 5) is 2.16. The zero-order chi connectivity index (χ0) is 13.7. The SMILES string of the molecule is CCCN(Cc1ccccc1F)c1ccc(N)cc1. The zero-order valence-corrected chi connectivity index (χ0v) is 11.1. The van der Waals surface area contributed by atoms with Gasteiger partial charge < -0.3 is 10.6 Å². The van der Waals surface area contributed by atoms with E-state index in [0.29, 0.717) is 12.1 Å². The molecule has 3 heteroatoms. The standard InChI is InChI=1S/C16H19FN2/c1-2-11-19(15-9-7-14(18)8-10-15)12-13-5-3-4-6-16(13)17/h3-10H,2,11-12,18H2,1H3. The highest BCUT2D eigenvalue weighted by molar-refractivity contribution is 5.53. The third-order valence-corrected chi connectivity index (χ3v) is 3.07. The van der Waals surface area contributed by atoms with Gasteiger partial charge >= 0.3 is 0 Å². The second-order valence-corrected chi connectivity index (χ2v) is 4.60. The van der Waals surface area contributed by atoms with Crippen molar-refractivity contribution in [2.24, 2.45) is 0 Å². The molecule has 0 amide bonds. The van der Waals surface area contributed by atoms with Crippen molar-refractivity contribution in [3.05, 3.63) is 59.9 Å². The summed E-state index contributed by atoms with van der Waals surface area (Å²) >= 11 is 0. The Morgan fingerprint density at radius 1 is 1.05 bits per heavy atom. The van der Waals surface area contributed by atoms with Gasteiger partial charge in [0.15, 0.2) is 0 Å². The van der Waals surface area contributed by atoms with Gasteiger partial charge in [-0.25, -0.2) is 4.39 Å². The van der Waals surface area contributed by atoms with Crippen LogP contribution >= 0.6 is 0 Å². The Kier molecular flexibility index (Phi) is 4.39. The fraction of sp³-hybridized carbons (Fsp3) is 0.250. The minimum Gasteiger partial charge on any atom is -0.399 e. The molecule has 0 aromatic heterocycles. The lowest BCUT2D eigenvalue weighted by molar-refractivity contribution is 0.603. The predicted molar refractivity (Wildman–Crippen MR) is 78.6 cm³/mol. The molecule has 0 aliphatic carbocycles. The molecule has 2 aromatic rings. The Labute approximate surface area is 113 Å². The van der Waals surface area contributed by atoms with Crippen molar-refractivity contribution in [3.8, 4) is 0 Å². The second-order valence-electron chi connectivity index (χ2n) is 4.60. The Hall–Kier alpha value is -2.03. The van der Waals surface area contributed by atoms with E-state index in [4.69, 9.17) is 5.73 Å². The van der Waals surface area contributed by atoms with Crippen molar-refractivity contribution < 1.29 is 4.39 Å². The molecule has 2 rings (SSSR count). The molecular formula is C16H19FN2. The van der Waals surface area contributed by atoms with E-state index in [1.54, 1.807) is 6.07 Å². The number of hydrogen-bond acceptors (Lipinski definition) is 2. The normalized spacial score (nSPS) is 10.4. The lowest BCUT2D eigenvalue weighted by Gasteiger charge is -2.24. The quantitative estimate of drug-likeness (QED) is 0.826. The molecule has 100 valence electrons. The molecule has 0 spiro atoms. The molecular weight excluding hydrogens is 239 g/mol. The molecule has 0 aliphatic heterocycles. The molecule has 0 unspecified atom stereocenters. The predicted octanol–water partition coefficient (Wildman–Crippen LogP) is 3.82. The monoisotopic (exact) mass is 258 g/mol. The van der Waals surface area contributed by atoms with E-state index in [-0.39, 0.29) is 5.82 Å². The topological polar surface area (TPSA) is 29.3 Å². The van der Waals surface area contributed by atoms with Gasteiger partial charge in [-0.05, 0) is 36.8 Å². The number of nitrogens with zero attached hydrogens (tertiary/aromatic N) is 1. The van der Waals surface area contributed by atoms with Crippen LogP contribution in [-0.4, -0.2) is 6.54 Å². The maximum absolute atomic E-state index is 13.7. The molecule has 0 atom stereocenters. The van der Waals surface area contributed by atoms with Crippen LogP contribution in [0.15, 0.2) is 48.5 Å². The maximum Gasteiger partial charge on any atom is 0.128 e. The van der Waals surface area contributed by atoms with Gasteiger partial charge in [-0.1, -0.05) is 25.1 Å². The summed E-state index contributed by atoms with van der Waals surface area (Å²) < 4.78 is 13.7. The van der Waals surface area contributed by atoms with Gasteiger partial charge in [-0.15, -0.1) is 0 Å². The largest absolute Gasteiger partial charge is 0.399 e. The first-order valence-corrected chi connectivity index (χ1v) is 6.54. The van der Waals surface area contributed by atoms with E-state index in [1.807, 2.05) is 36.4 Å². The summed E-state index contributed by atoms with van der Waals surface area (Å²) in [6.45, 7) is 3.58. The summed E-state index contributed by atoms with van der Waals surface area (Å²) in [5, 5.41) is 0. The highest BCUT2D eigenvalue weighted by atomic mass is 19.1. The summed E-state index contributed by atoms with van der Waals surface area (Å²) in [7, 11) is 0. The van der Waals surface area contributed by atoms with Crippen LogP contribution in [-0.2, 0) is 6.54 Å². The van der Waals surface area contributed by atoms with Crippen molar-refractivity contribution in [2.75, 3.05) is 17.2 Å². The van der Waals surface area contributed by atoms with E-state index < -0.39 is 0 Å². The molecule has 0 saturated heterocycles. The molecule has 0 heterocycles. The van der Waals surface area contributed by atoms with Crippen LogP contribution in [0.2, 0.25) is 0 Å². The summed E-state index contributed by atoms with van der Waals surface area (Å²) in [5.41, 5.74) is 8.23. The van der Waals surface area contributed by atoms with Crippen molar-refractivity contribution in [1.29, 1.82) is 0 Å². The minimum atomic E-state index is -0.154. The summed E-state index contributed by atoms with van der Waals surface area (Å²) in [6.07, 6.45) is 1.01. The third-order valence-electron chi connectivity index (χ3n) is 3.07. The first kappa shape index (κ1) is 13.4. The van der Waals surface area contributed by atoms with Crippen LogP contribution in [0.3, 0.4) is 0 Å². The second kappa shape index (κ2) is 6.23. The van der Waals surface area contributed by atoms with E-state index >= 15 is 0 Å². The first-order chi connectivity index (χ1) is 9.20. The Morgan fingerprint density at radius 2 is 1.74 bits per heavy atom. The minimum absolute atomic E-state index is 0.154. The fourth-order valence-corrected chi connectivity index (χ4v) is 2.09. The molecule has 2 aromatic carbocycles. The van der Waals surface area contributed by atoms with Crippen molar-refractivity contribution in [1.82, 2.24) is 0 Å². The average molecular weight is 258 g/mol. The number of nitrogens with two attached hydrogens (primary N) is 1. The maximum atomic E-state index is 13.7. The van der Waals surface area contributed by atoms with Crippen molar-refractivity contribution in [3.63, 3.8) is 0 Å². The van der Waals surface area contributed by atoms with Crippen LogP contribution in [0.1, 0.15) is 18.9 Å². The van der Waals surface area contributed by atoms with Crippen LogP contribution < -0.4 is 10.6 Å². The van der Waals surface area contributed by atoms with Gasteiger partial charge in [0, 0.05) is 30.0 Å².